The number of hydrogen-bond donors (Lipinski definition) is 1. The minimum Gasteiger partial charge on any atom is -0.478 e. The standard InChI is InChI=1S/C19H15N3O2/c1-2-22-17-10-6-5-9-16(17)21-18(22)14(12-20)11-13-7-3-4-8-15(13)19(23)24/h3-11H,2H2,1H3,(H,23,24)/b14-11-. The van der Waals surface area contributed by atoms with E-state index in [9.17, 15) is 15.2 Å². The molecule has 1 N–H and O–H groups in total. The molecule has 0 radical (unpaired) electrons. The van der Waals surface area contributed by atoms with E-state index in [0.29, 0.717) is 23.5 Å². The number of fused-ring (bicyclic) bond motifs is 1. The average Bonchev–Trinajstić information content (AvgIpc) is 2.98. The molecule has 0 aliphatic heterocycles. The average molecular weight is 317 g/mol. The Morgan fingerprint density at radius 2 is 1.96 bits per heavy atom. The maximum Gasteiger partial charge on any atom is 0.336 e. The summed E-state index contributed by atoms with van der Waals surface area (Å²) >= 11 is 0. The van der Waals surface area contributed by atoms with Crippen LogP contribution in [0.3, 0.4) is 0 Å². The van der Waals surface area contributed by atoms with Crippen molar-refractivity contribution in [1.29, 1.82) is 5.26 Å². The lowest BCUT2D eigenvalue weighted by Crippen LogP contribution is -2.02. The van der Waals surface area contributed by atoms with Gasteiger partial charge in [-0.3, -0.25) is 0 Å². The van der Waals surface area contributed by atoms with Crippen LogP contribution >= 0.6 is 0 Å². The van der Waals surface area contributed by atoms with Gasteiger partial charge in [-0.15, -0.1) is 0 Å². The number of rotatable bonds is 4. The van der Waals surface area contributed by atoms with E-state index in [1.165, 1.54) is 6.07 Å². The first-order chi connectivity index (χ1) is 11.7. The van der Waals surface area contributed by atoms with Crippen molar-refractivity contribution in [3.63, 3.8) is 0 Å². The fraction of sp³-hybridized carbons (Fsp3) is 0.105. The predicted molar refractivity (Wildman–Crippen MR) is 92.3 cm³/mol. The molecule has 0 saturated heterocycles. The summed E-state index contributed by atoms with van der Waals surface area (Å²) in [5.74, 6) is -0.482. The molecule has 0 saturated carbocycles. The van der Waals surface area contributed by atoms with Gasteiger partial charge in [0.2, 0.25) is 0 Å². The van der Waals surface area contributed by atoms with Gasteiger partial charge in [0.25, 0.3) is 0 Å². The second kappa shape index (κ2) is 6.39. The third kappa shape index (κ3) is 2.66. The van der Waals surface area contributed by atoms with Gasteiger partial charge in [0, 0.05) is 6.54 Å². The normalized spacial score (nSPS) is 11.4. The summed E-state index contributed by atoms with van der Waals surface area (Å²) < 4.78 is 1.95. The molecule has 118 valence electrons. The van der Waals surface area contributed by atoms with Gasteiger partial charge in [-0.05, 0) is 36.8 Å². The molecule has 0 spiro atoms. The summed E-state index contributed by atoms with van der Waals surface area (Å²) in [6.45, 7) is 2.65. The van der Waals surface area contributed by atoms with Gasteiger partial charge in [-0.2, -0.15) is 5.26 Å². The lowest BCUT2D eigenvalue weighted by Gasteiger charge is -2.06. The van der Waals surface area contributed by atoms with E-state index in [2.05, 4.69) is 11.1 Å². The van der Waals surface area contributed by atoms with Crippen molar-refractivity contribution >= 4 is 28.7 Å². The monoisotopic (exact) mass is 317 g/mol. The van der Waals surface area contributed by atoms with Gasteiger partial charge in [0.15, 0.2) is 5.82 Å². The smallest absolute Gasteiger partial charge is 0.336 e. The van der Waals surface area contributed by atoms with Crippen LogP contribution in [0.2, 0.25) is 0 Å². The molecule has 2 aromatic carbocycles. The van der Waals surface area contributed by atoms with E-state index in [1.54, 1.807) is 24.3 Å². The van der Waals surface area contributed by atoms with Gasteiger partial charge in [-0.1, -0.05) is 30.3 Å². The molecule has 3 aromatic rings. The molecule has 0 aliphatic carbocycles. The second-order valence-electron chi connectivity index (χ2n) is 5.23. The number of aryl methyl sites for hydroxylation is 1. The van der Waals surface area contributed by atoms with Crippen LogP contribution in [0.15, 0.2) is 48.5 Å². The van der Waals surface area contributed by atoms with Gasteiger partial charge >= 0.3 is 5.97 Å². The highest BCUT2D eigenvalue weighted by atomic mass is 16.4. The third-order valence-electron chi connectivity index (χ3n) is 3.82. The van der Waals surface area contributed by atoms with Crippen molar-refractivity contribution in [2.75, 3.05) is 0 Å². The zero-order valence-electron chi connectivity index (χ0n) is 13.1. The largest absolute Gasteiger partial charge is 0.478 e. The minimum absolute atomic E-state index is 0.157. The molecular formula is C19H15N3O2. The number of aromatic nitrogens is 2. The van der Waals surface area contributed by atoms with E-state index >= 15 is 0 Å². The van der Waals surface area contributed by atoms with Crippen molar-refractivity contribution in [3.05, 3.63) is 65.5 Å². The molecule has 3 rings (SSSR count). The van der Waals surface area contributed by atoms with Crippen LogP contribution in [0, 0.1) is 11.3 Å². The van der Waals surface area contributed by atoms with E-state index in [0.717, 1.165) is 11.0 Å². The number of carboxylic acid groups (broad SMARTS) is 1. The number of imidazole rings is 1. The van der Waals surface area contributed by atoms with Crippen LogP contribution in [0.4, 0.5) is 0 Å². The lowest BCUT2D eigenvalue weighted by molar-refractivity contribution is 0.0696. The Morgan fingerprint density at radius 1 is 1.25 bits per heavy atom. The maximum atomic E-state index is 11.4. The Kier molecular flexibility index (Phi) is 4.13. The number of carbonyl (C=O) groups is 1. The molecule has 0 aliphatic rings. The third-order valence-corrected chi connectivity index (χ3v) is 3.82. The van der Waals surface area contributed by atoms with Crippen molar-refractivity contribution < 1.29 is 9.90 Å². The van der Waals surface area contributed by atoms with E-state index in [1.807, 2.05) is 35.8 Å². The first kappa shape index (κ1) is 15.5. The minimum atomic E-state index is -1.02. The zero-order valence-corrected chi connectivity index (χ0v) is 13.1. The van der Waals surface area contributed by atoms with E-state index in [-0.39, 0.29) is 5.56 Å². The van der Waals surface area contributed by atoms with Crippen molar-refractivity contribution in [3.8, 4) is 6.07 Å². The van der Waals surface area contributed by atoms with Gasteiger partial charge < -0.3 is 9.67 Å². The summed E-state index contributed by atoms with van der Waals surface area (Å²) in [7, 11) is 0. The molecule has 0 bridgehead atoms. The fourth-order valence-electron chi connectivity index (χ4n) is 2.72. The van der Waals surface area contributed by atoms with Crippen LogP contribution in [-0.4, -0.2) is 20.6 Å². The molecule has 0 unspecified atom stereocenters. The number of allylic oxidation sites excluding steroid dienone is 1. The van der Waals surface area contributed by atoms with Gasteiger partial charge in [0.1, 0.15) is 6.07 Å². The zero-order chi connectivity index (χ0) is 17.1. The first-order valence-electron chi connectivity index (χ1n) is 7.55. The van der Waals surface area contributed by atoms with Crippen molar-refractivity contribution in [1.82, 2.24) is 9.55 Å². The quantitative estimate of drug-likeness (QED) is 0.742. The fourth-order valence-corrected chi connectivity index (χ4v) is 2.72. The number of carboxylic acids is 1. The molecule has 24 heavy (non-hydrogen) atoms. The topological polar surface area (TPSA) is 78.9 Å². The molecule has 0 fully saturated rings. The number of para-hydroxylation sites is 2. The molecule has 5 heteroatoms. The van der Waals surface area contributed by atoms with Crippen LogP contribution in [0.1, 0.15) is 28.7 Å². The first-order valence-corrected chi connectivity index (χ1v) is 7.55. The maximum absolute atomic E-state index is 11.4. The lowest BCUT2D eigenvalue weighted by atomic mass is 10.0. The highest BCUT2D eigenvalue weighted by Gasteiger charge is 2.15. The van der Waals surface area contributed by atoms with E-state index in [4.69, 9.17) is 0 Å². The summed E-state index contributed by atoms with van der Waals surface area (Å²) in [5, 5.41) is 18.9. The highest BCUT2D eigenvalue weighted by Crippen LogP contribution is 2.24. The summed E-state index contributed by atoms with van der Waals surface area (Å²) in [6.07, 6.45) is 1.58. The number of benzene rings is 2. The van der Waals surface area contributed by atoms with Gasteiger partial charge in [0.05, 0.1) is 22.2 Å². The summed E-state index contributed by atoms with van der Waals surface area (Å²) in [5.41, 5.74) is 2.73. The number of nitrogens with zero attached hydrogens (tertiary/aromatic N) is 3. The molecule has 1 heterocycles. The molecular weight excluding hydrogens is 302 g/mol. The van der Waals surface area contributed by atoms with Crippen LogP contribution in [0.5, 0.6) is 0 Å². The summed E-state index contributed by atoms with van der Waals surface area (Å²) in [4.78, 5) is 15.9. The van der Waals surface area contributed by atoms with Crippen LogP contribution in [-0.2, 0) is 6.54 Å². The van der Waals surface area contributed by atoms with E-state index < -0.39 is 5.97 Å². The Bertz CT molecular complexity index is 993. The molecule has 5 nitrogen and oxygen atoms in total. The van der Waals surface area contributed by atoms with Crippen molar-refractivity contribution in [2.45, 2.75) is 13.5 Å². The SMILES string of the molecule is CCn1c(/C(C#N)=C\c2ccccc2C(=O)O)nc2ccccc21. The van der Waals surface area contributed by atoms with Crippen LogP contribution in [0.25, 0.3) is 22.7 Å². The Morgan fingerprint density at radius 3 is 2.67 bits per heavy atom. The highest BCUT2D eigenvalue weighted by molar-refractivity contribution is 5.97. The molecule has 0 atom stereocenters. The van der Waals surface area contributed by atoms with Gasteiger partial charge in [-0.25, -0.2) is 9.78 Å². The Hall–Kier alpha value is -3.39. The molecule has 1 aromatic heterocycles. The Balaban J connectivity index is 2.21. The number of aromatic carboxylic acids is 1. The predicted octanol–water partition coefficient (Wildman–Crippen LogP) is 3.82. The molecule has 0 amide bonds. The Labute approximate surface area is 139 Å². The second-order valence-corrected chi connectivity index (χ2v) is 5.23. The van der Waals surface area contributed by atoms with Crippen LogP contribution < -0.4 is 0 Å². The number of nitriles is 1. The van der Waals surface area contributed by atoms with Crippen molar-refractivity contribution in [2.24, 2.45) is 0 Å². The number of hydrogen-bond acceptors (Lipinski definition) is 3. The summed E-state index contributed by atoms with van der Waals surface area (Å²) in [6, 6.07) is 16.4.